The number of terminal acetylenes is 1. The van der Waals surface area contributed by atoms with E-state index in [0.717, 1.165) is 32.4 Å². The molecule has 3 aromatic carbocycles. The van der Waals surface area contributed by atoms with E-state index in [1.54, 1.807) is 19.1 Å². The van der Waals surface area contributed by atoms with E-state index < -0.39 is 27.8 Å². The van der Waals surface area contributed by atoms with Gasteiger partial charge in [0, 0.05) is 36.7 Å². The number of ether oxygens (including phenoxy) is 1. The lowest BCUT2D eigenvalue weighted by atomic mass is 9.89. The van der Waals surface area contributed by atoms with E-state index in [4.69, 9.17) is 16.1 Å². The van der Waals surface area contributed by atoms with Crippen LogP contribution in [0.15, 0.2) is 36.4 Å². The second-order valence-electron chi connectivity index (χ2n) is 14.3. The van der Waals surface area contributed by atoms with Crippen LogP contribution >= 0.6 is 0 Å². The van der Waals surface area contributed by atoms with Gasteiger partial charge in [0.25, 0.3) is 5.69 Å². The van der Waals surface area contributed by atoms with Crippen LogP contribution < -0.4 is 9.64 Å². The Kier molecular flexibility index (Phi) is 6.73. The number of aromatic nitrogens is 2. The first kappa shape index (κ1) is 30.0. The van der Waals surface area contributed by atoms with Crippen molar-refractivity contribution in [3.8, 4) is 29.5 Å². The number of piperidine rings is 1. The molecule has 4 aliphatic rings. The highest BCUT2D eigenvalue weighted by Gasteiger charge is 2.60. The number of fused-ring (bicyclic) bond motifs is 3. The van der Waals surface area contributed by atoms with Gasteiger partial charge >= 0.3 is 6.01 Å². The topological polar surface area (TPSA) is 105 Å². The summed E-state index contributed by atoms with van der Waals surface area (Å²) < 4.78 is 38.4. The molecule has 47 heavy (non-hydrogen) atoms. The van der Waals surface area contributed by atoms with E-state index in [9.17, 15) is 19.6 Å². The average Bonchev–Trinajstić information content (AvgIpc) is 3.58. The molecule has 242 valence electrons. The fourth-order valence-corrected chi connectivity index (χ4v) is 8.51. The van der Waals surface area contributed by atoms with Gasteiger partial charge < -0.3 is 14.7 Å². The number of β-amino-alcohol motifs (C(OH)–C–C–N with tert-alkyl or cyclic N) is 1. The number of nitro groups is 1. The van der Waals surface area contributed by atoms with Gasteiger partial charge in [-0.3, -0.25) is 15.0 Å². The third-order valence-electron chi connectivity index (χ3n) is 10.8. The molecule has 3 aliphatic heterocycles. The molecule has 2 atom stereocenters. The van der Waals surface area contributed by atoms with Gasteiger partial charge in [-0.05, 0) is 75.3 Å². The number of hydrogen-bond acceptors (Lipinski definition) is 8. The van der Waals surface area contributed by atoms with Crippen LogP contribution in [0.25, 0.3) is 32.8 Å². The fraction of sp³-hybridized carbons (Fsp3) is 0.444. The Morgan fingerprint density at radius 2 is 1.91 bits per heavy atom. The molecule has 1 spiro atoms. The van der Waals surface area contributed by atoms with Gasteiger partial charge in [0.1, 0.15) is 23.8 Å². The summed E-state index contributed by atoms with van der Waals surface area (Å²) in [6, 6.07) is 8.80. The summed E-state index contributed by atoms with van der Waals surface area (Å²) >= 11 is 0. The minimum Gasteiger partial charge on any atom is -0.461 e. The smallest absolute Gasteiger partial charge is 0.319 e. The van der Waals surface area contributed by atoms with Crippen molar-refractivity contribution >= 4 is 33.2 Å². The van der Waals surface area contributed by atoms with Crippen LogP contribution in [-0.4, -0.2) is 68.8 Å². The van der Waals surface area contributed by atoms with Crippen LogP contribution in [0.1, 0.15) is 57.4 Å². The molecule has 1 aromatic heterocycles. The summed E-state index contributed by atoms with van der Waals surface area (Å²) in [7, 11) is 0. The molecule has 4 fully saturated rings. The quantitative estimate of drug-likeness (QED) is 0.148. The molecule has 1 aliphatic carbocycles. The van der Waals surface area contributed by atoms with E-state index in [1.165, 1.54) is 37.1 Å². The van der Waals surface area contributed by atoms with Crippen LogP contribution in [0.3, 0.4) is 0 Å². The largest absolute Gasteiger partial charge is 0.461 e. The Balaban J connectivity index is 1.32. The van der Waals surface area contributed by atoms with E-state index in [-0.39, 0.29) is 56.9 Å². The Morgan fingerprint density at radius 3 is 2.66 bits per heavy atom. The van der Waals surface area contributed by atoms with Crippen molar-refractivity contribution in [3.63, 3.8) is 0 Å². The van der Waals surface area contributed by atoms with Crippen LogP contribution in [-0.2, 0) is 0 Å². The lowest BCUT2D eigenvalue weighted by molar-refractivity contribution is -0.384. The molecule has 8 rings (SSSR count). The number of halogens is 2. The molecule has 1 saturated carbocycles. The molecule has 9 nitrogen and oxygen atoms in total. The molecule has 1 unspecified atom stereocenters. The second-order valence-corrected chi connectivity index (χ2v) is 14.3. The van der Waals surface area contributed by atoms with Crippen molar-refractivity contribution in [2.75, 3.05) is 37.7 Å². The number of aliphatic hydroxyl groups is 1. The summed E-state index contributed by atoms with van der Waals surface area (Å²) in [6.07, 6.45) is 12.5. The lowest BCUT2D eigenvalue weighted by Crippen LogP contribution is -2.46. The Hall–Kier alpha value is -4.40. The third-order valence-corrected chi connectivity index (χ3v) is 10.8. The predicted octanol–water partition coefficient (Wildman–Crippen LogP) is 6.37. The average molecular weight is 640 g/mol. The number of rotatable bonds is 6. The second kappa shape index (κ2) is 10.6. The molecule has 4 aromatic rings. The van der Waals surface area contributed by atoms with Gasteiger partial charge in [0.05, 0.1) is 32.6 Å². The zero-order chi connectivity index (χ0) is 32.7. The van der Waals surface area contributed by atoms with Crippen molar-refractivity contribution in [2.24, 2.45) is 5.41 Å². The maximum Gasteiger partial charge on any atom is 0.319 e. The minimum atomic E-state index is -1.04. The normalized spacial score (nSPS) is 25.0. The summed E-state index contributed by atoms with van der Waals surface area (Å²) in [6.45, 7) is 4.87. The van der Waals surface area contributed by atoms with Crippen LogP contribution in [0, 0.1) is 39.5 Å². The Bertz CT molecular complexity index is 2020. The van der Waals surface area contributed by atoms with Crippen molar-refractivity contribution < 1.29 is 23.5 Å². The summed E-state index contributed by atoms with van der Waals surface area (Å²) in [5.74, 6) is 0.968. The van der Waals surface area contributed by atoms with E-state index >= 15 is 4.39 Å². The molecule has 4 heterocycles. The SMILES string of the molecule is C#Cc1c(F)ccc2cccc(-c3c([N+](=O)[O-])cc4c(N5CCC[C@@](C)(O)C5)nc(OCC56CCCN5CC5(CC5)C6)nc4c3F)c12. The molecule has 0 bridgehead atoms. The van der Waals surface area contributed by atoms with Gasteiger partial charge in [-0.25, -0.2) is 8.78 Å². The molecule has 0 radical (unpaired) electrons. The number of nitrogens with zero attached hydrogens (tertiary/aromatic N) is 5. The Morgan fingerprint density at radius 1 is 1.11 bits per heavy atom. The van der Waals surface area contributed by atoms with Crippen LogP contribution in [0.2, 0.25) is 0 Å². The number of nitro benzene ring substituents is 1. The maximum atomic E-state index is 17.1. The van der Waals surface area contributed by atoms with Crippen molar-refractivity contribution in [1.29, 1.82) is 0 Å². The number of hydrogen-bond donors (Lipinski definition) is 1. The first-order valence-electron chi connectivity index (χ1n) is 16.2. The minimum absolute atomic E-state index is 0.0253. The van der Waals surface area contributed by atoms with Gasteiger partial charge in [0.2, 0.25) is 0 Å². The van der Waals surface area contributed by atoms with Crippen molar-refractivity contribution in [2.45, 2.75) is 63.0 Å². The monoisotopic (exact) mass is 639 g/mol. The summed E-state index contributed by atoms with van der Waals surface area (Å²) in [5, 5.41) is 24.4. The number of benzene rings is 3. The first-order valence-corrected chi connectivity index (χ1v) is 16.2. The Labute approximate surface area is 270 Å². The van der Waals surface area contributed by atoms with Crippen LogP contribution in [0.4, 0.5) is 20.3 Å². The molecule has 3 saturated heterocycles. The van der Waals surface area contributed by atoms with Gasteiger partial charge in [-0.2, -0.15) is 9.97 Å². The molecule has 0 amide bonds. The van der Waals surface area contributed by atoms with Gasteiger partial charge in [-0.1, -0.05) is 30.2 Å². The zero-order valence-electron chi connectivity index (χ0n) is 26.2. The molecule has 1 N–H and O–H groups in total. The van der Waals surface area contributed by atoms with Crippen molar-refractivity contribution in [3.05, 3.63) is 63.7 Å². The van der Waals surface area contributed by atoms with Crippen LogP contribution in [0.5, 0.6) is 6.01 Å². The van der Waals surface area contributed by atoms with Gasteiger partial charge in [0.15, 0.2) is 5.82 Å². The lowest BCUT2D eigenvalue weighted by Gasteiger charge is -2.38. The van der Waals surface area contributed by atoms with E-state index in [0.29, 0.717) is 36.8 Å². The van der Waals surface area contributed by atoms with E-state index in [2.05, 4.69) is 15.8 Å². The van der Waals surface area contributed by atoms with Crippen molar-refractivity contribution in [1.82, 2.24) is 14.9 Å². The predicted molar refractivity (Wildman–Crippen MR) is 174 cm³/mol. The first-order chi connectivity index (χ1) is 22.5. The summed E-state index contributed by atoms with van der Waals surface area (Å²) in [5.41, 5.74) is -1.84. The zero-order valence-corrected chi connectivity index (χ0v) is 26.2. The van der Waals surface area contributed by atoms with Gasteiger partial charge in [-0.15, -0.1) is 6.42 Å². The van der Waals surface area contributed by atoms with E-state index in [1.807, 2.05) is 4.90 Å². The maximum absolute atomic E-state index is 17.1. The molecule has 11 heteroatoms. The third kappa shape index (κ3) is 4.88. The standard InChI is InChI=1S/C36H35F2N5O4/c1-3-23-26(37)10-9-22-7-4-8-24(28(22)23)29-27(43(45)46)17-25-31(30(29)38)39-33(40-32(25)41-15-5-11-34(2,44)19-41)47-21-36-12-6-16-42(36)20-35(18-36)13-14-35/h1,4,7-10,17,44H,5-6,11-16,18-21H2,2H3/t34-,36?/m1/s1. The fourth-order valence-electron chi connectivity index (χ4n) is 8.51. The highest BCUT2D eigenvalue weighted by molar-refractivity contribution is 6.06. The summed E-state index contributed by atoms with van der Waals surface area (Å²) in [4.78, 5) is 25.6. The highest BCUT2D eigenvalue weighted by atomic mass is 19.1. The number of anilines is 1. The molecular formula is C36H35F2N5O4. The highest BCUT2D eigenvalue weighted by Crippen LogP contribution is 2.60. The molecular weight excluding hydrogens is 604 g/mol.